The van der Waals surface area contributed by atoms with E-state index in [4.69, 9.17) is 10.8 Å². The van der Waals surface area contributed by atoms with Crippen LogP contribution in [0.4, 0.5) is 0 Å². The molecule has 4 aliphatic rings. The highest BCUT2D eigenvalue weighted by molar-refractivity contribution is 6.74. The summed E-state index contributed by atoms with van der Waals surface area (Å²) >= 11 is 0. The molecular weight excluding hydrogens is 392 g/mol. The number of allylic oxidation sites excluding steroid dienone is 3. The van der Waals surface area contributed by atoms with E-state index in [0.29, 0.717) is 28.8 Å². The zero-order valence-electron chi connectivity index (χ0n) is 21.5. The summed E-state index contributed by atoms with van der Waals surface area (Å²) in [5.74, 6) is 5.65. The molecule has 31 heavy (non-hydrogen) atoms. The lowest BCUT2D eigenvalue weighted by molar-refractivity contribution is 0.0414. The van der Waals surface area contributed by atoms with Gasteiger partial charge >= 0.3 is 0 Å². The van der Waals surface area contributed by atoms with Gasteiger partial charge in [0, 0.05) is 12.0 Å². The maximum Gasteiger partial charge on any atom is 0.192 e. The second kappa shape index (κ2) is 7.63. The van der Waals surface area contributed by atoms with E-state index in [2.05, 4.69) is 72.7 Å². The molecule has 1 nitrogen and oxygen atoms in total. The van der Waals surface area contributed by atoms with Crippen molar-refractivity contribution < 1.29 is 4.43 Å². The first-order chi connectivity index (χ1) is 14.3. The second-order valence-corrected chi connectivity index (χ2v) is 18.1. The van der Waals surface area contributed by atoms with Crippen molar-refractivity contribution in [3.63, 3.8) is 0 Å². The average molecular weight is 439 g/mol. The number of terminal acetylenes is 1. The molecule has 4 aliphatic carbocycles. The van der Waals surface area contributed by atoms with Gasteiger partial charge in [-0.2, -0.15) is 0 Å². The summed E-state index contributed by atoms with van der Waals surface area (Å²) in [5, 5.41) is 0.282. The molecule has 3 saturated carbocycles. The zero-order valence-corrected chi connectivity index (χ0v) is 22.5. The third-order valence-electron chi connectivity index (χ3n) is 10.7. The molecule has 3 fully saturated rings. The summed E-state index contributed by atoms with van der Waals surface area (Å²) in [4.78, 5) is 0. The first-order valence-electron chi connectivity index (χ1n) is 12.9. The molecule has 0 N–H and O–H groups in total. The maximum absolute atomic E-state index is 6.87. The minimum atomic E-state index is -1.72. The lowest BCUT2D eigenvalue weighted by atomic mass is 9.50. The van der Waals surface area contributed by atoms with Crippen molar-refractivity contribution in [2.45, 2.75) is 111 Å². The number of rotatable bonds is 3. The lowest BCUT2D eigenvalue weighted by Gasteiger charge is -2.55. The fourth-order valence-electron chi connectivity index (χ4n) is 7.64. The van der Waals surface area contributed by atoms with E-state index in [1.54, 1.807) is 11.1 Å². The van der Waals surface area contributed by atoms with Crippen LogP contribution in [0.2, 0.25) is 18.1 Å². The van der Waals surface area contributed by atoms with Gasteiger partial charge in [-0.05, 0) is 91.7 Å². The Kier molecular flexibility index (Phi) is 5.75. The summed E-state index contributed by atoms with van der Waals surface area (Å²) in [6.45, 7) is 19.3. The summed E-state index contributed by atoms with van der Waals surface area (Å²) in [6.07, 6.45) is 20.4. The zero-order chi connectivity index (χ0) is 22.8. The van der Waals surface area contributed by atoms with E-state index < -0.39 is 8.32 Å². The van der Waals surface area contributed by atoms with Gasteiger partial charge in [-0.1, -0.05) is 64.8 Å². The first kappa shape index (κ1) is 23.4. The Hall–Kier alpha value is -0.783. The Morgan fingerprint density at radius 1 is 1.06 bits per heavy atom. The van der Waals surface area contributed by atoms with Gasteiger partial charge in [-0.25, -0.2) is 0 Å². The van der Waals surface area contributed by atoms with Crippen molar-refractivity contribution in [1.29, 1.82) is 0 Å². The molecule has 172 valence electrons. The van der Waals surface area contributed by atoms with Crippen LogP contribution in [0, 0.1) is 46.8 Å². The molecule has 0 amide bonds. The molecule has 0 heterocycles. The summed E-state index contributed by atoms with van der Waals surface area (Å²) in [5.41, 5.74) is 4.19. The third kappa shape index (κ3) is 3.63. The molecule has 0 saturated heterocycles. The van der Waals surface area contributed by atoms with Crippen molar-refractivity contribution in [2.24, 2.45) is 34.5 Å². The Morgan fingerprint density at radius 2 is 1.77 bits per heavy atom. The Morgan fingerprint density at radius 3 is 2.42 bits per heavy atom. The van der Waals surface area contributed by atoms with Crippen LogP contribution in [0.15, 0.2) is 23.3 Å². The van der Waals surface area contributed by atoms with Crippen LogP contribution in [0.1, 0.15) is 86.5 Å². The van der Waals surface area contributed by atoms with Crippen molar-refractivity contribution in [3.05, 3.63) is 23.3 Å². The molecule has 7 atom stereocenters. The number of hydrogen-bond acceptors (Lipinski definition) is 1. The van der Waals surface area contributed by atoms with Crippen LogP contribution < -0.4 is 0 Å². The molecule has 0 radical (unpaired) electrons. The quantitative estimate of drug-likeness (QED) is 0.319. The largest absolute Gasteiger partial charge is 0.414 e. The van der Waals surface area contributed by atoms with E-state index in [1.165, 1.54) is 38.5 Å². The van der Waals surface area contributed by atoms with E-state index in [1.807, 2.05) is 0 Å². The van der Waals surface area contributed by atoms with Crippen molar-refractivity contribution in [2.75, 3.05) is 0 Å². The summed E-state index contributed by atoms with van der Waals surface area (Å²) < 4.78 is 6.87. The molecule has 0 aromatic heterocycles. The number of fused-ring (bicyclic) bond motifs is 5. The van der Waals surface area contributed by atoms with E-state index in [9.17, 15) is 0 Å². The standard InChI is InChI=1S/C29H46OSi/c1-10-20(2)24-13-14-25-23-12-11-21-19-22(30-31(8,9)27(3,4)5)15-17-28(21,6)26(23)16-18-29(24,25)7/h1,11-12,20,22,24-26H,13-19H2,2-9H3/t20-,22?,24+,25-,26-,28-,29+/m0/s1. The predicted molar refractivity (Wildman–Crippen MR) is 135 cm³/mol. The Balaban J connectivity index is 1.57. The minimum Gasteiger partial charge on any atom is -0.414 e. The van der Waals surface area contributed by atoms with Gasteiger partial charge in [0.05, 0.1) is 0 Å². The highest BCUT2D eigenvalue weighted by Gasteiger charge is 2.57. The topological polar surface area (TPSA) is 9.23 Å². The monoisotopic (exact) mass is 438 g/mol. The van der Waals surface area contributed by atoms with E-state index in [0.717, 1.165) is 18.3 Å². The SMILES string of the molecule is C#C[C@H](C)[C@H]1CC[C@H]2C3=CC=C4CC(O[Si](C)(C)C(C)(C)C)CC[C@]4(C)[C@H]3CC[C@]12C. The summed E-state index contributed by atoms with van der Waals surface area (Å²) in [7, 11) is -1.72. The highest BCUT2D eigenvalue weighted by atomic mass is 28.4. The van der Waals surface area contributed by atoms with Crippen LogP contribution in [-0.2, 0) is 4.43 Å². The van der Waals surface area contributed by atoms with Gasteiger partial charge in [-0.15, -0.1) is 12.3 Å². The van der Waals surface area contributed by atoms with Gasteiger partial charge in [0.25, 0.3) is 0 Å². The Labute approximate surface area is 193 Å². The van der Waals surface area contributed by atoms with E-state index in [-0.39, 0.29) is 5.04 Å². The molecule has 2 heteroatoms. The normalized spacial score (nSPS) is 41.3. The predicted octanol–water partition coefficient (Wildman–Crippen LogP) is 8.15. The molecule has 0 aliphatic heterocycles. The molecular formula is C29H46OSi. The van der Waals surface area contributed by atoms with Crippen LogP contribution in [0.3, 0.4) is 0 Å². The van der Waals surface area contributed by atoms with Gasteiger partial charge < -0.3 is 4.43 Å². The fraction of sp³-hybridized carbons (Fsp3) is 0.793. The Bertz CT molecular complexity index is 821. The van der Waals surface area contributed by atoms with Gasteiger partial charge in [0.15, 0.2) is 8.32 Å². The van der Waals surface area contributed by atoms with Gasteiger partial charge in [0.1, 0.15) is 0 Å². The first-order valence-corrected chi connectivity index (χ1v) is 15.8. The average Bonchev–Trinajstić information content (AvgIpc) is 3.04. The van der Waals surface area contributed by atoms with Crippen LogP contribution in [0.5, 0.6) is 0 Å². The molecule has 0 aromatic carbocycles. The molecule has 1 unspecified atom stereocenters. The van der Waals surface area contributed by atoms with Crippen molar-refractivity contribution >= 4 is 8.32 Å². The molecule has 0 aromatic rings. The lowest BCUT2D eigenvalue weighted by Crippen LogP contribution is -2.49. The molecule has 0 bridgehead atoms. The van der Waals surface area contributed by atoms with Crippen molar-refractivity contribution in [1.82, 2.24) is 0 Å². The van der Waals surface area contributed by atoms with Gasteiger partial charge in [-0.3, -0.25) is 0 Å². The number of hydrogen-bond donors (Lipinski definition) is 0. The highest BCUT2D eigenvalue weighted by Crippen LogP contribution is 2.66. The molecule has 0 spiro atoms. The van der Waals surface area contributed by atoms with Crippen molar-refractivity contribution in [3.8, 4) is 12.3 Å². The summed E-state index contributed by atoms with van der Waals surface area (Å²) in [6, 6.07) is 0. The fourth-order valence-corrected chi connectivity index (χ4v) is 9.03. The maximum atomic E-state index is 6.87. The van der Waals surface area contributed by atoms with Crippen LogP contribution in [0.25, 0.3) is 0 Å². The minimum absolute atomic E-state index is 0.282. The van der Waals surface area contributed by atoms with Gasteiger partial charge in [0.2, 0.25) is 0 Å². The third-order valence-corrected chi connectivity index (χ3v) is 15.3. The van der Waals surface area contributed by atoms with Crippen LogP contribution >= 0.6 is 0 Å². The second-order valence-electron chi connectivity index (χ2n) is 13.3. The smallest absolute Gasteiger partial charge is 0.192 e. The van der Waals surface area contributed by atoms with Crippen LogP contribution in [-0.4, -0.2) is 14.4 Å². The molecule has 4 rings (SSSR count). The van der Waals surface area contributed by atoms with E-state index >= 15 is 0 Å².